The van der Waals surface area contributed by atoms with Crippen LogP contribution in [0.5, 0.6) is 5.75 Å². The number of aryl methyl sites for hydroxylation is 1. The standard InChI is InChI=1S/C21H19ClN2O3S2/c1-3-26-16-6-4-5-13-11-17(27-19(13)16)20(25)23-21-24(9-10-28-2)15-8-7-14(22)12-18(15)29-21/h4-8,11-12H,3,9-10H2,1-2H3. The molecule has 0 saturated heterocycles. The molecule has 8 heteroatoms. The Labute approximate surface area is 181 Å². The molecule has 0 fully saturated rings. The fourth-order valence-corrected chi connectivity index (χ4v) is 4.78. The summed E-state index contributed by atoms with van der Waals surface area (Å²) in [5.74, 6) is 1.31. The van der Waals surface area contributed by atoms with Gasteiger partial charge < -0.3 is 13.7 Å². The Morgan fingerprint density at radius 3 is 2.97 bits per heavy atom. The average molecular weight is 447 g/mol. The van der Waals surface area contributed by atoms with Gasteiger partial charge in [-0.1, -0.05) is 35.1 Å². The molecule has 0 spiro atoms. The smallest absolute Gasteiger partial charge is 0.315 e. The second kappa shape index (κ2) is 8.65. The Bertz CT molecular complexity index is 1260. The third-order valence-corrected chi connectivity index (χ3v) is 6.25. The predicted octanol–water partition coefficient (Wildman–Crippen LogP) is 5.61. The van der Waals surface area contributed by atoms with E-state index in [0.29, 0.717) is 27.8 Å². The Morgan fingerprint density at radius 2 is 2.17 bits per heavy atom. The molecule has 0 aliphatic rings. The van der Waals surface area contributed by atoms with E-state index < -0.39 is 5.91 Å². The summed E-state index contributed by atoms with van der Waals surface area (Å²) in [4.78, 5) is 17.9. The highest BCUT2D eigenvalue weighted by Crippen LogP contribution is 2.29. The number of carbonyl (C=O) groups is 1. The number of hydrogen-bond acceptors (Lipinski definition) is 5. The molecule has 4 rings (SSSR count). The zero-order valence-corrected chi connectivity index (χ0v) is 18.4. The van der Waals surface area contributed by atoms with E-state index in [1.54, 1.807) is 17.8 Å². The number of thioether (sulfide) groups is 1. The lowest BCUT2D eigenvalue weighted by Gasteiger charge is -2.03. The minimum Gasteiger partial charge on any atom is -0.490 e. The molecule has 2 aromatic heterocycles. The summed E-state index contributed by atoms with van der Waals surface area (Å²) < 4.78 is 14.4. The second-order valence-electron chi connectivity index (χ2n) is 6.28. The summed E-state index contributed by atoms with van der Waals surface area (Å²) in [7, 11) is 0. The van der Waals surface area contributed by atoms with Crippen LogP contribution in [-0.2, 0) is 6.54 Å². The average Bonchev–Trinajstić information content (AvgIpc) is 3.28. The SMILES string of the molecule is CCOc1cccc2cc(C(=O)N=c3sc4cc(Cl)ccc4n3CCSC)oc12. The number of ether oxygens (including phenoxy) is 1. The molecule has 0 radical (unpaired) electrons. The van der Waals surface area contributed by atoms with E-state index in [9.17, 15) is 4.79 Å². The zero-order chi connectivity index (χ0) is 20.4. The number of nitrogens with zero attached hydrogens (tertiary/aromatic N) is 2. The van der Waals surface area contributed by atoms with E-state index in [-0.39, 0.29) is 5.76 Å². The summed E-state index contributed by atoms with van der Waals surface area (Å²) in [5.41, 5.74) is 1.58. The van der Waals surface area contributed by atoms with Crippen molar-refractivity contribution in [1.82, 2.24) is 4.57 Å². The fourth-order valence-electron chi connectivity index (χ4n) is 3.08. The fraction of sp³-hybridized carbons (Fsp3) is 0.238. The highest BCUT2D eigenvalue weighted by Gasteiger charge is 2.16. The molecule has 2 heterocycles. The van der Waals surface area contributed by atoms with Gasteiger partial charge >= 0.3 is 5.91 Å². The van der Waals surface area contributed by atoms with Crippen LogP contribution in [0.3, 0.4) is 0 Å². The minimum absolute atomic E-state index is 0.194. The first-order chi connectivity index (χ1) is 14.1. The van der Waals surface area contributed by atoms with Gasteiger partial charge in [-0.2, -0.15) is 16.8 Å². The van der Waals surface area contributed by atoms with Crippen molar-refractivity contribution < 1.29 is 13.9 Å². The van der Waals surface area contributed by atoms with Crippen LogP contribution in [0, 0.1) is 0 Å². The summed E-state index contributed by atoms with van der Waals surface area (Å²) in [6.45, 7) is 3.18. The number of rotatable bonds is 6. The molecule has 0 N–H and O–H groups in total. The molecule has 5 nitrogen and oxygen atoms in total. The molecule has 1 amide bonds. The van der Waals surface area contributed by atoms with Gasteiger partial charge in [0.05, 0.1) is 16.8 Å². The molecule has 4 aromatic rings. The topological polar surface area (TPSA) is 56.7 Å². The monoisotopic (exact) mass is 446 g/mol. The van der Waals surface area contributed by atoms with E-state index in [2.05, 4.69) is 15.8 Å². The molecule has 0 saturated carbocycles. The second-order valence-corrected chi connectivity index (χ2v) is 8.71. The van der Waals surface area contributed by atoms with Crippen LogP contribution >= 0.6 is 34.7 Å². The highest BCUT2D eigenvalue weighted by atomic mass is 35.5. The lowest BCUT2D eigenvalue weighted by atomic mass is 10.2. The van der Waals surface area contributed by atoms with Crippen LogP contribution < -0.4 is 9.54 Å². The molecule has 150 valence electrons. The van der Waals surface area contributed by atoms with Crippen molar-refractivity contribution in [1.29, 1.82) is 0 Å². The number of amides is 1. The first-order valence-electron chi connectivity index (χ1n) is 9.13. The van der Waals surface area contributed by atoms with Crippen molar-refractivity contribution >= 4 is 61.8 Å². The number of aromatic nitrogens is 1. The zero-order valence-electron chi connectivity index (χ0n) is 16.0. The summed E-state index contributed by atoms with van der Waals surface area (Å²) in [6.07, 6.45) is 2.05. The van der Waals surface area contributed by atoms with Crippen molar-refractivity contribution in [2.75, 3.05) is 18.6 Å². The summed E-state index contributed by atoms with van der Waals surface area (Å²) in [6, 6.07) is 13.0. The quantitative estimate of drug-likeness (QED) is 0.386. The maximum absolute atomic E-state index is 12.9. The van der Waals surface area contributed by atoms with E-state index in [1.807, 2.05) is 43.3 Å². The largest absolute Gasteiger partial charge is 0.490 e. The van der Waals surface area contributed by atoms with Crippen molar-refractivity contribution in [3.05, 3.63) is 58.0 Å². The number of furan rings is 1. The molecule has 0 atom stereocenters. The van der Waals surface area contributed by atoms with Gasteiger partial charge in [-0.25, -0.2) is 0 Å². The summed E-state index contributed by atoms with van der Waals surface area (Å²) >= 11 is 9.33. The molecule has 0 unspecified atom stereocenters. The van der Waals surface area contributed by atoms with Crippen LogP contribution in [0.25, 0.3) is 21.2 Å². The molecular weight excluding hydrogens is 428 g/mol. The molecule has 0 aliphatic carbocycles. The van der Waals surface area contributed by atoms with Crippen LogP contribution in [0.1, 0.15) is 17.5 Å². The Hall–Kier alpha value is -2.22. The number of carbonyl (C=O) groups excluding carboxylic acids is 1. The van der Waals surface area contributed by atoms with Gasteiger partial charge in [0, 0.05) is 22.7 Å². The maximum atomic E-state index is 12.9. The van der Waals surface area contributed by atoms with Gasteiger partial charge in [0.1, 0.15) is 0 Å². The van der Waals surface area contributed by atoms with Crippen molar-refractivity contribution in [2.45, 2.75) is 13.5 Å². The predicted molar refractivity (Wildman–Crippen MR) is 120 cm³/mol. The van der Waals surface area contributed by atoms with Gasteiger partial charge in [0.25, 0.3) is 0 Å². The first-order valence-corrected chi connectivity index (χ1v) is 11.7. The number of para-hydroxylation sites is 1. The minimum atomic E-state index is -0.417. The lowest BCUT2D eigenvalue weighted by molar-refractivity contribution is 0.0973. The third-order valence-electron chi connectivity index (χ3n) is 4.38. The van der Waals surface area contributed by atoms with E-state index >= 15 is 0 Å². The Morgan fingerprint density at radius 1 is 1.31 bits per heavy atom. The highest BCUT2D eigenvalue weighted by molar-refractivity contribution is 7.98. The van der Waals surface area contributed by atoms with Gasteiger partial charge in [0.15, 0.2) is 21.9 Å². The van der Waals surface area contributed by atoms with Gasteiger partial charge in [-0.05, 0) is 43.5 Å². The normalized spacial score (nSPS) is 12.2. The van der Waals surface area contributed by atoms with Crippen LogP contribution in [0.15, 0.2) is 51.9 Å². The van der Waals surface area contributed by atoms with E-state index in [0.717, 1.165) is 27.9 Å². The first kappa shape index (κ1) is 20.1. The number of halogens is 1. The van der Waals surface area contributed by atoms with Crippen molar-refractivity contribution in [3.8, 4) is 5.75 Å². The van der Waals surface area contributed by atoms with Gasteiger partial charge in [0.2, 0.25) is 0 Å². The van der Waals surface area contributed by atoms with E-state index in [4.69, 9.17) is 20.8 Å². The lowest BCUT2D eigenvalue weighted by Crippen LogP contribution is -2.18. The number of benzene rings is 2. The number of fused-ring (bicyclic) bond motifs is 2. The summed E-state index contributed by atoms with van der Waals surface area (Å²) in [5, 5.41) is 1.47. The molecule has 2 aromatic carbocycles. The Balaban J connectivity index is 1.79. The van der Waals surface area contributed by atoms with Crippen molar-refractivity contribution in [3.63, 3.8) is 0 Å². The molecule has 0 aliphatic heterocycles. The van der Waals surface area contributed by atoms with Crippen LogP contribution in [-0.4, -0.2) is 29.1 Å². The maximum Gasteiger partial charge on any atom is 0.315 e. The van der Waals surface area contributed by atoms with Crippen LogP contribution in [0.2, 0.25) is 5.02 Å². The van der Waals surface area contributed by atoms with E-state index in [1.165, 1.54) is 11.3 Å². The molecule has 0 bridgehead atoms. The molecule has 29 heavy (non-hydrogen) atoms. The number of hydrogen-bond donors (Lipinski definition) is 0. The van der Waals surface area contributed by atoms with Gasteiger partial charge in [-0.3, -0.25) is 4.79 Å². The Kier molecular flexibility index (Phi) is 5.99. The van der Waals surface area contributed by atoms with Crippen LogP contribution in [0.4, 0.5) is 0 Å². The van der Waals surface area contributed by atoms with Gasteiger partial charge in [-0.15, -0.1) is 0 Å². The van der Waals surface area contributed by atoms with Crippen molar-refractivity contribution in [2.24, 2.45) is 4.99 Å². The molecular formula is C21H19ClN2O3S2. The third kappa shape index (κ3) is 4.08. The number of thiazole rings is 1.